The Balaban J connectivity index is 2.03. The molecule has 0 amide bonds. The second kappa shape index (κ2) is 3.39. The average molecular weight is 193 g/mol. The molecular formula is C11H19N3. The van der Waals surface area contributed by atoms with Crippen molar-refractivity contribution in [2.75, 3.05) is 0 Å². The van der Waals surface area contributed by atoms with Crippen LogP contribution in [0.3, 0.4) is 0 Å². The highest BCUT2D eigenvalue weighted by molar-refractivity contribution is 5.24. The Bertz CT molecular complexity index is 312. The van der Waals surface area contributed by atoms with Crippen molar-refractivity contribution >= 4 is 0 Å². The molecule has 1 aliphatic rings. The van der Waals surface area contributed by atoms with Crippen molar-refractivity contribution in [1.29, 1.82) is 0 Å². The van der Waals surface area contributed by atoms with Crippen LogP contribution in [-0.4, -0.2) is 16.2 Å². The van der Waals surface area contributed by atoms with Gasteiger partial charge in [-0.25, -0.2) is 0 Å². The van der Waals surface area contributed by atoms with Crippen LogP contribution in [0.2, 0.25) is 0 Å². The van der Waals surface area contributed by atoms with Gasteiger partial charge in [-0.05, 0) is 25.3 Å². The van der Waals surface area contributed by atoms with Crippen LogP contribution in [0, 0.1) is 0 Å². The van der Waals surface area contributed by atoms with Gasteiger partial charge in [0.1, 0.15) is 0 Å². The average Bonchev–Trinajstić information content (AvgIpc) is 2.75. The van der Waals surface area contributed by atoms with Crippen LogP contribution in [-0.2, 0) is 11.8 Å². The highest BCUT2D eigenvalue weighted by atomic mass is 15.1. The molecule has 3 heteroatoms. The number of aromatic nitrogens is 2. The Morgan fingerprint density at radius 2 is 2.36 bits per heavy atom. The van der Waals surface area contributed by atoms with E-state index in [4.69, 9.17) is 5.73 Å². The van der Waals surface area contributed by atoms with Crippen molar-refractivity contribution in [2.24, 2.45) is 5.73 Å². The first-order chi connectivity index (χ1) is 6.64. The molecule has 78 valence electrons. The lowest BCUT2D eigenvalue weighted by Gasteiger charge is -2.05. The van der Waals surface area contributed by atoms with Crippen molar-refractivity contribution in [1.82, 2.24) is 10.2 Å². The zero-order valence-electron chi connectivity index (χ0n) is 9.01. The lowest BCUT2D eigenvalue weighted by molar-refractivity contribution is 0.635. The number of H-pyrrole nitrogens is 1. The summed E-state index contributed by atoms with van der Waals surface area (Å²) < 4.78 is 0. The molecule has 1 aromatic heterocycles. The second-order valence-corrected chi connectivity index (χ2v) is 4.71. The third-order valence-corrected chi connectivity index (χ3v) is 3.26. The van der Waals surface area contributed by atoms with Gasteiger partial charge in [0.05, 0.1) is 5.69 Å². The van der Waals surface area contributed by atoms with Gasteiger partial charge in [0.2, 0.25) is 0 Å². The summed E-state index contributed by atoms with van der Waals surface area (Å²) in [5.41, 5.74) is 8.66. The fraction of sp³-hybridized carbons (Fsp3) is 0.727. The molecule has 1 atom stereocenters. The highest BCUT2D eigenvalue weighted by Crippen LogP contribution is 2.46. The molecule has 1 heterocycles. The first-order valence-corrected chi connectivity index (χ1v) is 5.44. The van der Waals surface area contributed by atoms with E-state index >= 15 is 0 Å². The summed E-state index contributed by atoms with van der Waals surface area (Å²) in [5, 5.41) is 7.44. The largest absolute Gasteiger partial charge is 0.327 e. The van der Waals surface area contributed by atoms with Crippen molar-refractivity contribution < 1.29 is 0 Å². The van der Waals surface area contributed by atoms with Gasteiger partial charge in [-0.2, -0.15) is 5.10 Å². The molecule has 0 bridgehead atoms. The van der Waals surface area contributed by atoms with E-state index in [1.807, 2.05) is 0 Å². The Hall–Kier alpha value is -0.830. The SMILES string of the molecule is CCC(N)Cc1cc(C2(C)CC2)n[nH]1. The van der Waals surface area contributed by atoms with Gasteiger partial charge < -0.3 is 5.73 Å². The highest BCUT2D eigenvalue weighted by Gasteiger charge is 2.41. The van der Waals surface area contributed by atoms with Gasteiger partial charge in [-0.1, -0.05) is 13.8 Å². The van der Waals surface area contributed by atoms with Gasteiger partial charge in [-0.15, -0.1) is 0 Å². The molecule has 1 saturated carbocycles. The summed E-state index contributed by atoms with van der Waals surface area (Å²) in [7, 11) is 0. The molecule has 0 aromatic carbocycles. The number of nitrogens with one attached hydrogen (secondary N) is 1. The van der Waals surface area contributed by atoms with Crippen LogP contribution < -0.4 is 5.73 Å². The number of aromatic amines is 1. The smallest absolute Gasteiger partial charge is 0.0683 e. The molecule has 1 aromatic rings. The molecule has 14 heavy (non-hydrogen) atoms. The minimum absolute atomic E-state index is 0.260. The van der Waals surface area contributed by atoms with Crippen LogP contribution in [0.25, 0.3) is 0 Å². The maximum atomic E-state index is 5.89. The van der Waals surface area contributed by atoms with Crippen LogP contribution in [0.5, 0.6) is 0 Å². The van der Waals surface area contributed by atoms with Gasteiger partial charge in [0, 0.05) is 23.6 Å². The quantitative estimate of drug-likeness (QED) is 0.765. The molecule has 0 saturated heterocycles. The number of nitrogens with zero attached hydrogens (tertiary/aromatic N) is 1. The van der Waals surface area contributed by atoms with Crippen LogP contribution in [0.15, 0.2) is 6.07 Å². The first kappa shape index (κ1) is 9.71. The van der Waals surface area contributed by atoms with Gasteiger partial charge in [-0.3, -0.25) is 5.10 Å². The summed E-state index contributed by atoms with van der Waals surface area (Å²) in [6.07, 6.45) is 4.49. The number of hydrogen-bond acceptors (Lipinski definition) is 2. The number of nitrogens with two attached hydrogens (primary N) is 1. The van der Waals surface area contributed by atoms with E-state index < -0.39 is 0 Å². The summed E-state index contributed by atoms with van der Waals surface area (Å²) in [6.45, 7) is 4.39. The minimum atomic E-state index is 0.260. The van der Waals surface area contributed by atoms with Crippen molar-refractivity contribution in [3.05, 3.63) is 17.5 Å². The lowest BCUT2D eigenvalue weighted by Crippen LogP contribution is -2.21. The Morgan fingerprint density at radius 1 is 1.64 bits per heavy atom. The van der Waals surface area contributed by atoms with Crippen molar-refractivity contribution in [3.63, 3.8) is 0 Å². The molecule has 3 nitrogen and oxygen atoms in total. The predicted octanol–water partition coefficient (Wildman–Crippen LogP) is 1.74. The van der Waals surface area contributed by atoms with E-state index in [0.29, 0.717) is 5.41 Å². The number of hydrogen-bond donors (Lipinski definition) is 2. The summed E-state index contributed by atoms with van der Waals surface area (Å²) >= 11 is 0. The summed E-state index contributed by atoms with van der Waals surface area (Å²) in [6, 6.07) is 2.44. The van der Waals surface area contributed by atoms with E-state index in [2.05, 4.69) is 30.1 Å². The first-order valence-electron chi connectivity index (χ1n) is 5.44. The normalized spacial score (nSPS) is 20.8. The maximum absolute atomic E-state index is 5.89. The summed E-state index contributed by atoms with van der Waals surface area (Å²) in [4.78, 5) is 0. The third kappa shape index (κ3) is 1.82. The van der Waals surface area contributed by atoms with Gasteiger partial charge in [0.15, 0.2) is 0 Å². The minimum Gasteiger partial charge on any atom is -0.327 e. The fourth-order valence-corrected chi connectivity index (χ4v) is 1.65. The Labute approximate surface area is 85.1 Å². The predicted molar refractivity (Wildman–Crippen MR) is 57.1 cm³/mol. The van der Waals surface area contributed by atoms with Crippen LogP contribution in [0.1, 0.15) is 44.5 Å². The molecule has 0 radical (unpaired) electrons. The number of rotatable bonds is 4. The third-order valence-electron chi connectivity index (χ3n) is 3.26. The van der Waals surface area contributed by atoms with E-state index in [-0.39, 0.29) is 6.04 Å². The molecule has 2 rings (SSSR count). The monoisotopic (exact) mass is 193 g/mol. The van der Waals surface area contributed by atoms with E-state index in [9.17, 15) is 0 Å². The van der Waals surface area contributed by atoms with Crippen molar-refractivity contribution in [3.8, 4) is 0 Å². The topological polar surface area (TPSA) is 54.7 Å². The molecular weight excluding hydrogens is 174 g/mol. The maximum Gasteiger partial charge on any atom is 0.0683 e. The van der Waals surface area contributed by atoms with Crippen LogP contribution >= 0.6 is 0 Å². The Kier molecular flexibility index (Phi) is 2.35. The molecule has 1 fully saturated rings. The van der Waals surface area contributed by atoms with E-state index in [0.717, 1.165) is 12.8 Å². The van der Waals surface area contributed by atoms with Crippen molar-refractivity contribution in [2.45, 2.75) is 51.0 Å². The van der Waals surface area contributed by atoms with Gasteiger partial charge in [0.25, 0.3) is 0 Å². The fourth-order valence-electron chi connectivity index (χ4n) is 1.65. The summed E-state index contributed by atoms with van der Waals surface area (Å²) in [5.74, 6) is 0. The second-order valence-electron chi connectivity index (χ2n) is 4.71. The van der Waals surface area contributed by atoms with Crippen LogP contribution in [0.4, 0.5) is 0 Å². The lowest BCUT2D eigenvalue weighted by atomic mass is 10.0. The van der Waals surface area contributed by atoms with Gasteiger partial charge >= 0.3 is 0 Å². The standard InChI is InChI=1S/C11H19N3/c1-3-8(12)6-9-7-10(14-13-9)11(2)4-5-11/h7-8H,3-6,12H2,1-2H3,(H,13,14). The Morgan fingerprint density at radius 3 is 2.93 bits per heavy atom. The molecule has 0 spiro atoms. The van der Waals surface area contributed by atoms with E-state index in [1.165, 1.54) is 24.2 Å². The van der Waals surface area contributed by atoms with E-state index in [1.54, 1.807) is 0 Å². The zero-order chi connectivity index (χ0) is 10.2. The molecule has 1 aliphatic carbocycles. The molecule has 1 unspecified atom stereocenters. The zero-order valence-corrected chi connectivity index (χ0v) is 9.01. The molecule has 0 aliphatic heterocycles. The molecule has 3 N–H and O–H groups in total.